The zero-order valence-electron chi connectivity index (χ0n) is 13.0. The normalized spacial score (nSPS) is 11.4. The largest absolute Gasteiger partial charge is 0.504 e. The molecule has 0 fully saturated rings. The van der Waals surface area contributed by atoms with Gasteiger partial charge in [0.25, 0.3) is 5.95 Å². The van der Waals surface area contributed by atoms with Crippen molar-refractivity contribution < 1.29 is 10.2 Å². The van der Waals surface area contributed by atoms with E-state index in [4.69, 9.17) is 0 Å². The molecule has 0 aliphatic rings. The Hall–Kier alpha value is -3.16. The van der Waals surface area contributed by atoms with Gasteiger partial charge in [-0.3, -0.25) is 0 Å². The van der Waals surface area contributed by atoms with Crippen molar-refractivity contribution in [3.63, 3.8) is 0 Å². The molecular weight excluding hydrogens is 296 g/mol. The molecule has 2 aromatic heterocycles. The van der Waals surface area contributed by atoms with E-state index in [9.17, 15) is 10.2 Å². The summed E-state index contributed by atoms with van der Waals surface area (Å²) in [5, 5.41) is 35.7. The van der Waals surface area contributed by atoms with Gasteiger partial charge in [0.05, 0.1) is 11.9 Å². The smallest absolute Gasteiger partial charge is 0.273 e. The van der Waals surface area contributed by atoms with Crippen molar-refractivity contribution in [2.75, 3.05) is 0 Å². The molecule has 118 valence electrons. The lowest BCUT2D eigenvalue weighted by Gasteiger charge is -2.04. The number of benzene rings is 1. The maximum atomic E-state index is 9.53. The quantitative estimate of drug-likeness (QED) is 0.566. The summed E-state index contributed by atoms with van der Waals surface area (Å²) in [6.45, 7) is 5.61. The predicted octanol–water partition coefficient (Wildman–Crippen LogP) is 1.68. The fourth-order valence-corrected chi connectivity index (χ4v) is 2.19. The molecule has 1 aromatic carbocycles. The van der Waals surface area contributed by atoms with E-state index in [0.717, 1.165) is 11.4 Å². The van der Waals surface area contributed by atoms with Crippen LogP contribution in [0.3, 0.4) is 0 Å². The lowest BCUT2D eigenvalue weighted by atomic mass is 10.2. The standard InChI is InChI=1S/C15H16N6O2/c1-9-6-10(2)20(19-9)15-18-17-11(3)21(15)16-8-12-4-5-13(22)14(23)7-12/h4-8,22-23H,1-3H3. The van der Waals surface area contributed by atoms with Gasteiger partial charge < -0.3 is 10.2 Å². The highest BCUT2D eigenvalue weighted by Gasteiger charge is 2.13. The Balaban J connectivity index is 2.00. The third-order valence-electron chi connectivity index (χ3n) is 3.30. The topological polar surface area (TPSA) is 101 Å². The molecule has 0 saturated heterocycles. The van der Waals surface area contributed by atoms with Crippen molar-refractivity contribution in [2.24, 2.45) is 5.10 Å². The Labute approximate surface area is 132 Å². The van der Waals surface area contributed by atoms with Gasteiger partial charge in [-0.2, -0.15) is 14.9 Å². The summed E-state index contributed by atoms with van der Waals surface area (Å²) in [6, 6.07) is 6.40. The minimum Gasteiger partial charge on any atom is -0.504 e. The number of phenolic OH excluding ortho intramolecular Hbond substituents is 2. The first-order valence-electron chi connectivity index (χ1n) is 6.97. The van der Waals surface area contributed by atoms with Crippen LogP contribution in [0.4, 0.5) is 0 Å². The van der Waals surface area contributed by atoms with Gasteiger partial charge in [-0.25, -0.2) is 4.68 Å². The third kappa shape index (κ3) is 2.78. The van der Waals surface area contributed by atoms with Crippen molar-refractivity contribution in [3.05, 3.63) is 47.0 Å². The van der Waals surface area contributed by atoms with Crippen LogP contribution in [0.2, 0.25) is 0 Å². The maximum absolute atomic E-state index is 9.53. The summed E-state index contributed by atoms with van der Waals surface area (Å²) in [4.78, 5) is 0. The van der Waals surface area contributed by atoms with Gasteiger partial charge in [-0.05, 0) is 50.6 Å². The van der Waals surface area contributed by atoms with Crippen LogP contribution in [-0.2, 0) is 0 Å². The van der Waals surface area contributed by atoms with Crippen LogP contribution in [0, 0.1) is 20.8 Å². The second-order valence-corrected chi connectivity index (χ2v) is 5.19. The number of phenols is 2. The highest BCUT2D eigenvalue weighted by atomic mass is 16.3. The second-order valence-electron chi connectivity index (χ2n) is 5.19. The molecule has 3 rings (SSSR count). The van der Waals surface area contributed by atoms with Crippen LogP contribution < -0.4 is 0 Å². The van der Waals surface area contributed by atoms with Crippen LogP contribution in [-0.4, -0.2) is 41.1 Å². The van der Waals surface area contributed by atoms with Crippen molar-refractivity contribution in [1.82, 2.24) is 24.7 Å². The monoisotopic (exact) mass is 312 g/mol. The van der Waals surface area contributed by atoms with E-state index in [1.54, 1.807) is 28.6 Å². The van der Waals surface area contributed by atoms with Crippen LogP contribution in [0.15, 0.2) is 29.4 Å². The number of hydrogen-bond donors (Lipinski definition) is 2. The van der Waals surface area contributed by atoms with E-state index in [1.165, 1.54) is 12.1 Å². The van der Waals surface area contributed by atoms with Gasteiger partial charge in [0.2, 0.25) is 0 Å². The van der Waals surface area contributed by atoms with Crippen LogP contribution in [0.25, 0.3) is 5.95 Å². The Kier molecular flexibility index (Phi) is 3.57. The van der Waals surface area contributed by atoms with Gasteiger partial charge in [0.1, 0.15) is 0 Å². The number of aromatic hydroxyl groups is 2. The molecule has 2 N–H and O–H groups in total. The van der Waals surface area contributed by atoms with Gasteiger partial charge in [-0.1, -0.05) is 0 Å². The number of nitrogens with zero attached hydrogens (tertiary/aromatic N) is 6. The maximum Gasteiger partial charge on any atom is 0.273 e. The zero-order chi connectivity index (χ0) is 16.6. The van der Waals surface area contributed by atoms with Gasteiger partial charge in [0.15, 0.2) is 17.3 Å². The highest BCUT2D eigenvalue weighted by Crippen LogP contribution is 2.24. The summed E-state index contributed by atoms with van der Waals surface area (Å²) >= 11 is 0. The minimum atomic E-state index is -0.201. The van der Waals surface area contributed by atoms with Crippen LogP contribution in [0.5, 0.6) is 11.5 Å². The van der Waals surface area contributed by atoms with E-state index in [0.29, 0.717) is 17.3 Å². The number of hydrogen-bond acceptors (Lipinski definition) is 6. The Morgan fingerprint density at radius 2 is 1.83 bits per heavy atom. The second kappa shape index (κ2) is 5.56. The van der Waals surface area contributed by atoms with Gasteiger partial charge >= 0.3 is 0 Å². The molecule has 23 heavy (non-hydrogen) atoms. The van der Waals surface area contributed by atoms with E-state index < -0.39 is 0 Å². The molecule has 8 heteroatoms. The van der Waals surface area contributed by atoms with E-state index in [-0.39, 0.29) is 11.5 Å². The van der Waals surface area contributed by atoms with E-state index in [2.05, 4.69) is 20.4 Å². The molecule has 0 aliphatic heterocycles. The average molecular weight is 312 g/mol. The first-order valence-corrected chi connectivity index (χ1v) is 6.97. The van der Waals surface area contributed by atoms with E-state index >= 15 is 0 Å². The molecule has 8 nitrogen and oxygen atoms in total. The summed E-state index contributed by atoms with van der Waals surface area (Å²) in [6.07, 6.45) is 1.55. The fraction of sp³-hybridized carbons (Fsp3) is 0.200. The predicted molar refractivity (Wildman–Crippen MR) is 84.1 cm³/mol. The summed E-state index contributed by atoms with van der Waals surface area (Å²) in [7, 11) is 0. The molecular formula is C15H16N6O2. The minimum absolute atomic E-state index is 0.175. The summed E-state index contributed by atoms with van der Waals surface area (Å²) in [5.41, 5.74) is 2.43. The van der Waals surface area contributed by atoms with Crippen molar-refractivity contribution in [2.45, 2.75) is 20.8 Å². The SMILES string of the molecule is Cc1cc(C)n(-c2nnc(C)n2N=Cc2ccc(O)c(O)c2)n1. The van der Waals surface area contributed by atoms with Gasteiger partial charge in [0, 0.05) is 5.69 Å². The van der Waals surface area contributed by atoms with Gasteiger partial charge in [-0.15, -0.1) is 10.2 Å². The molecule has 0 unspecified atom stereocenters. The summed E-state index contributed by atoms with van der Waals surface area (Å²) in [5.74, 6) is 0.707. The lowest BCUT2D eigenvalue weighted by Crippen LogP contribution is -2.07. The van der Waals surface area contributed by atoms with Crippen molar-refractivity contribution in [3.8, 4) is 17.4 Å². The van der Waals surface area contributed by atoms with Crippen molar-refractivity contribution >= 4 is 6.21 Å². The molecule has 2 heterocycles. The number of aromatic nitrogens is 5. The molecule has 0 bridgehead atoms. The molecule has 0 spiro atoms. The summed E-state index contributed by atoms with van der Waals surface area (Å²) < 4.78 is 3.23. The molecule has 3 aromatic rings. The Morgan fingerprint density at radius 3 is 2.48 bits per heavy atom. The molecule has 0 atom stereocenters. The third-order valence-corrected chi connectivity index (χ3v) is 3.30. The zero-order valence-corrected chi connectivity index (χ0v) is 13.0. The Bertz CT molecular complexity index is 894. The number of aryl methyl sites for hydroxylation is 3. The number of rotatable bonds is 3. The van der Waals surface area contributed by atoms with Crippen molar-refractivity contribution in [1.29, 1.82) is 0 Å². The highest BCUT2D eigenvalue weighted by molar-refractivity contribution is 5.80. The Morgan fingerprint density at radius 1 is 1.04 bits per heavy atom. The lowest BCUT2D eigenvalue weighted by molar-refractivity contribution is 0.403. The van der Waals surface area contributed by atoms with E-state index in [1.807, 2.05) is 19.9 Å². The molecule has 0 aliphatic carbocycles. The van der Waals surface area contributed by atoms with Crippen LogP contribution in [0.1, 0.15) is 22.8 Å². The average Bonchev–Trinajstić information content (AvgIpc) is 3.02. The molecule has 0 radical (unpaired) electrons. The van der Waals surface area contributed by atoms with Crippen LogP contribution >= 0.6 is 0 Å². The molecule has 0 saturated carbocycles. The first kappa shape index (κ1) is 14.8. The first-order chi connectivity index (χ1) is 11.0. The fourth-order valence-electron chi connectivity index (χ4n) is 2.19. The molecule has 0 amide bonds.